The molecule has 14 heavy (non-hydrogen) atoms. The molecule has 1 aromatic carbocycles. The van der Waals surface area contributed by atoms with E-state index in [1.807, 2.05) is 6.07 Å². The average Bonchev–Trinajstić information content (AvgIpc) is 2.23. The Kier molecular flexibility index (Phi) is 2.79. The maximum atomic E-state index is 13.3. The molecule has 0 spiro atoms. The molecule has 1 atom stereocenters. The van der Waals surface area contributed by atoms with Crippen LogP contribution in [-0.2, 0) is 4.74 Å². The molecule has 76 valence electrons. The van der Waals surface area contributed by atoms with Crippen molar-refractivity contribution in [3.8, 4) is 0 Å². The van der Waals surface area contributed by atoms with Crippen molar-refractivity contribution in [3.05, 3.63) is 35.1 Å². The lowest BCUT2D eigenvalue weighted by atomic mass is 10.0. The molecule has 2 rings (SSSR count). The number of hydrogen-bond donors (Lipinski definition) is 1. The molecule has 0 aromatic heterocycles. The van der Waals surface area contributed by atoms with Crippen molar-refractivity contribution in [2.45, 2.75) is 13.0 Å². The van der Waals surface area contributed by atoms with Gasteiger partial charge in [0, 0.05) is 13.1 Å². The van der Waals surface area contributed by atoms with Crippen molar-refractivity contribution in [2.75, 3.05) is 19.7 Å². The lowest BCUT2D eigenvalue weighted by Gasteiger charge is -2.25. The van der Waals surface area contributed by atoms with Crippen molar-refractivity contribution in [1.29, 1.82) is 0 Å². The van der Waals surface area contributed by atoms with Gasteiger partial charge in [0.25, 0.3) is 0 Å². The summed E-state index contributed by atoms with van der Waals surface area (Å²) in [5.41, 5.74) is 1.65. The summed E-state index contributed by atoms with van der Waals surface area (Å²) in [7, 11) is 0. The molecule has 0 aliphatic carbocycles. The Balaban J connectivity index is 2.26. The summed E-state index contributed by atoms with van der Waals surface area (Å²) in [4.78, 5) is 0. The van der Waals surface area contributed by atoms with Gasteiger partial charge in [-0.2, -0.15) is 0 Å². The molecular formula is C11H14FNO. The number of halogens is 1. The number of morpholine rings is 1. The van der Waals surface area contributed by atoms with Gasteiger partial charge < -0.3 is 10.1 Å². The molecular weight excluding hydrogens is 181 g/mol. The van der Waals surface area contributed by atoms with Crippen molar-refractivity contribution < 1.29 is 9.13 Å². The SMILES string of the molecule is Cc1c(F)cccc1C1CNCCO1. The predicted molar refractivity (Wildman–Crippen MR) is 52.7 cm³/mol. The van der Waals surface area contributed by atoms with E-state index >= 15 is 0 Å². The zero-order valence-electron chi connectivity index (χ0n) is 8.22. The van der Waals surface area contributed by atoms with E-state index in [0.29, 0.717) is 12.2 Å². The normalized spacial score (nSPS) is 22.3. The van der Waals surface area contributed by atoms with Crippen molar-refractivity contribution in [3.63, 3.8) is 0 Å². The maximum Gasteiger partial charge on any atom is 0.126 e. The quantitative estimate of drug-likeness (QED) is 0.737. The lowest BCUT2D eigenvalue weighted by Crippen LogP contribution is -2.33. The minimum absolute atomic E-state index is 0.000509. The first kappa shape index (κ1) is 9.62. The van der Waals surface area contributed by atoms with Crippen LogP contribution in [0, 0.1) is 12.7 Å². The van der Waals surface area contributed by atoms with Crippen molar-refractivity contribution >= 4 is 0 Å². The number of benzene rings is 1. The Morgan fingerprint density at radius 3 is 3.07 bits per heavy atom. The predicted octanol–water partition coefficient (Wildman–Crippen LogP) is 1.80. The largest absolute Gasteiger partial charge is 0.371 e. The molecule has 1 unspecified atom stereocenters. The summed E-state index contributed by atoms with van der Waals surface area (Å²) in [6, 6.07) is 5.14. The van der Waals surface area contributed by atoms with Crippen LogP contribution >= 0.6 is 0 Å². The second-order valence-electron chi connectivity index (χ2n) is 3.52. The van der Waals surface area contributed by atoms with Crippen LogP contribution < -0.4 is 5.32 Å². The maximum absolute atomic E-state index is 13.3. The van der Waals surface area contributed by atoms with E-state index in [1.54, 1.807) is 13.0 Å². The van der Waals surface area contributed by atoms with Gasteiger partial charge in [-0.15, -0.1) is 0 Å². The van der Waals surface area contributed by atoms with Crippen molar-refractivity contribution in [1.82, 2.24) is 5.32 Å². The average molecular weight is 195 g/mol. The van der Waals surface area contributed by atoms with E-state index in [4.69, 9.17) is 4.74 Å². The highest BCUT2D eigenvalue weighted by Crippen LogP contribution is 2.23. The van der Waals surface area contributed by atoms with Gasteiger partial charge in [0.15, 0.2) is 0 Å². The molecule has 2 nitrogen and oxygen atoms in total. The first-order valence-electron chi connectivity index (χ1n) is 4.86. The molecule has 0 amide bonds. The molecule has 1 aliphatic rings. The van der Waals surface area contributed by atoms with Gasteiger partial charge in [0.1, 0.15) is 5.82 Å². The van der Waals surface area contributed by atoms with E-state index in [1.165, 1.54) is 6.07 Å². The highest BCUT2D eigenvalue weighted by Gasteiger charge is 2.18. The Labute approximate surface area is 83.1 Å². The third kappa shape index (κ3) is 1.79. The van der Waals surface area contributed by atoms with Gasteiger partial charge in [0.2, 0.25) is 0 Å². The topological polar surface area (TPSA) is 21.3 Å². The van der Waals surface area contributed by atoms with Gasteiger partial charge in [-0.1, -0.05) is 12.1 Å². The minimum atomic E-state index is -0.156. The van der Waals surface area contributed by atoms with Gasteiger partial charge >= 0.3 is 0 Å². The molecule has 1 aliphatic heterocycles. The van der Waals surface area contributed by atoms with Gasteiger partial charge in [0.05, 0.1) is 12.7 Å². The highest BCUT2D eigenvalue weighted by molar-refractivity contribution is 5.29. The minimum Gasteiger partial charge on any atom is -0.371 e. The summed E-state index contributed by atoms with van der Waals surface area (Å²) in [5.74, 6) is -0.156. The number of nitrogens with one attached hydrogen (secondary N) is 1. The van der Waals surface area contributed by atoms with Gasteiger partial charge in [-0.3, -0.25) is 0 Å². The Morgan fingerprint density at radius 2 is 2.36 bits per heavy atom. The molecule has 1 N–H and O–H groups in total. The fourth-order valence-electron chi connectivity index (χ4n) is 1.74. The fraction of sp³-hybridized carbons (Fsp3) is 0.455. The number of ether oxygens (including phenoxy) is 1. The van der Waals surface area contributed by atoms with Crippen LogP contribution in [0.15, 0.2) is 18.2 Å². The van der Waals surface area contributed by atoms with Crippen LogP contribution in [0.25, 0.3) is 0 Å². The van der Waals surface area contributed by atoms with E-state index in [9.17, 15) is 4.39 Å². The standard InChI is InChI=1S/C11H14FNO/c1-8-9(3-2-4-10(8)12)11-7-13-5-6-14-11/h2-4,11,13H,5-7H2,1H3. The van der Waals surface area contributed by atoms with Crippen LogP contribution in [0.2, 0.25) is 0 Å². The number of hydrogen-bond acceptors (Lipinski definition) is 2. The summed E-state index contributed by atoms with van der Waals surface area (Å²) in [6.45, 7) is 4.14. The monoisotopic (exact) mass is 195 g/mol. The Bertz CT molecular complexity index is 321. The van der Waals surface area contributed by atoms with Gasteiger partial charge in [-0.25, -0.2) is 4.39 Å². The van der Waals surface area contributed by atoms with Crippen LogP contribution in [0.1, 0.15) is 17.2 Å². The summed E-state index contributed by atoms with van der Waals surface area (Å²) >= 11 is 0. The van der Waals surface area contributed by atoms with E-state index in [2.05, 4.69) is 5.32 Å². The number of rotatable bonds is 1. The van der Waals surface area contributed by atoms with E-state index in [0.717, 1.165) is 18.7 Å². The molecule has 0 radical (unpaired) electrons. The second kappa shape index (κ2) is 4.07. The lowest BCUT2D eigenvalue weighted by molar-refractivity contribution is 0.0271. The fourth-order valence-corrected chi connectivity index (χ4v) is 1.74. The zero-order valence-corrected chi connectivity index (χ0v) is 8.22. The third-order valence-electron chi connectivity index (χ3n) is 2.58. The van der Waals surface area contributed by atoms with E-state index < -0.39 is 0 Å². The molecule has 0 saturated carbocycles. The second-order valence-corrected chi connectivity index (χ2v) is 3.52. The molecule has 1 aromatic rings. The highest BCUT2D eigenvalue weighted by atomic mass is 19.1. The first-order chi connectivity index (χ1) is 6.79. The van der Waals surface area contributed by atoms with Gasteiger partial charge in [-0.05, 0) is 24.1 Å². The first-order valence-corrected chi connectivity index (χ1v) is 4.86. The zero-order chi connectivity index (χ0) is 9.97. The molecule has 1 saturated heterocycles. The molecule has 1 fully saturated rings. The van der Waals surface area contributed by atoms with Crippen LogP contribution in [0.4, 0.5) is 4.39 Å². The summed E-state index contributed by atoms with van der Waals surface area (Å²) in [5, 5.41) is 3.23. The van der Waals surface area contributed by atoms with Crippen LogP contribution in [0.5, 0.6) is 0 Å². The molecule has 3 heteroatoms. The summed E-state index contributed by atoms with van der Waals surface area (Å²) in [6.07, 6.45) is -0.000509. The van der Waals surface area contributed by atoms with E-state index in [-0.39, 0.29) is 11.9 Å². The smallest absolute Gasteiger partial charge is 0.126 e. The van der Waals surface area contributed by atoms with Crippen LogP contribution in [-0.4, -0.2) is 19.7 Å². The molecule has 0 bridgehead atoms. The van der Waals surface area contributed by atoms with Crippen molar-refractivity contribution in [2.24, 2.45) is 0 Å². The third-order valence-corrected chi connectivity index (χ3v) is 2.58. The summed E-state index contributed by atoms with van der Waals surface area (Å²) < 4.78 is 18.8. The van der Waals surface area contributed by atoms with Crippen LogP contribution in [0.3, 0.4) is 0 Å². The Morgan fingerprint density at radius 1 is 1.50 bits per heavy atom. The molecule has 1 heterocycles. The Hall–Kier alpha value is -0.930.